The summed E-state index contributed by atoms with van der Waals surface area (Å²) in [5.74, 6) is 1.24. The third-order valence-electron chi connectivity index (χ3n) is 9.05. The van der Waals surface area contributed by atoms with Gasteiger partial charge in [-0.3, -0.25) is 0 Å². The van der Waals surface area contributed by atoms with Gasteiger partial charge in [-0.05, 0) is 86.1 Å². The molecular weight excluding hydrogens is 554 g/mol. The smallest absolute Gasteiger partial charge is 0.410 e. The Balaban J connectivity index is 1.39. The predicted octanol–water partition coefficient (Wildman–Crippen LogP) is 4.96. The molecule has 1 unspecified atom stereocenters. The molecule has 2 aromatic rings. The molecule has 0 aromatic heterocycles. The first-order valence-electron chi connectivity index (χ1n) is 15.2. The molecule has 2 fully saturated rings. The quantitative estimate of drug-likeness (QED) is 0.466. The van der Waals surface area contributed by atoms with Crippen LogP contribution in [0.25, 0.3) is 0 Å². The minimum Gasteiger partial charge on any atom is -0.497 e. The summed E-state index contributed by atoms with van der Waals surface area (Å²) in [5, 5.41) is 0. The number of rotatable bonds is 6. The van der Waals surface area contributed by atoms with E-state index in [-0.39, 0.29) is 19.3 Å². The van der Waals surface area contributed by atoms with Gasteiger partial charge in [0.1, 0.15) is 5.75 Å². The summed E-state index contributed by atoms with van der Waals surface area (Å²) in [6.07, 6.45) is 6.89. The maximum absolute atomic E-state index is 13.7. The summed E-state index contributed by atoms with van der Waals surface area (Å²) in [4.78, 5) is 15.1. The molecule has 10 heteroatoms. The minimum absolute atomic E-state index is 0.0831. The number of aryl methyl sites for hydroxylation is 1. The van der Waals surface area contributed by atoms with Crippen LogP contribution >= 0.6 is 0 Å². The van der Waals surface area contributed by atoms with Crippen molar-refractivity contribution in [3.63, 3.8) is 0 Å². The van der Waals surface area contributed by atoms with Gasteiger partial charge in [-0.1, -0.05) is 36.4 Å². The number of benzene rings is 2. The molecule has 0 N–H and O–H groups in total. The molecular formula is C32H45N3O6S. The van der Waals surface area contributed by atoms with Gasteiger partial charge in [0.05, 0.1) is 38.5 Å². The number of ether oxygens (including phenoxy) is 3. The fourth-order valence-corrected chi connectivity index (χ4v) is 7.88. The fourth-order valence-electron chi connectivity index (χ4n) is 6.57. The first kappa shape index (κ1) is 30.8. The predicted molar refractivity (Wildman–Crippen MR) is 162 cm³/mol. The molecule has 42 heavy (non-hydrogen) atoms. The van der Waals surface area contributed by atoms with Crippen molar-refractivity contribution in [2.75, 3.05) is 41.0 Å². The van der Waals surface area contributed by atoms with E-state index in [4.69, 9.17) is 14.2 Å². The zero-order chi connectivity index (χ0) is 29.7. The Kier molecular flexibility index (Phi) is 10.1. The average Bonchev–Trinajstić information content (AvgIpc) is 3.42. The van der Waals surface area contributed by atoms with Gasteiger partial charge in [0, 0.05) is 27.2 Å². The third kappa shape index (κ3) is 7.10. The second kappa shape index (κ2) is 13.8. The molecule has 2 atom stereocenters. The zero-order valence-electron chi connectivity index (χ0n) is 25.1. The van der Waals surface area contributed by atoms with Gasteiger partial charge < -0.3 is 19.1 Å². The Hall–Kier alpha value is -2.66. The minimum atomic E-state index is -3.81. The lowest BCUT2D eigenvalue weighted by Gasteiger charge is -2.37. The van der Waals surface area contributed by atoms with Gasteiger partial charge in [-0.25, -0.2) is 4.79 Å². The van der Waals surface area contributed by atoms with Crippen LogP contribution < -0.4 is 4.74 Å². The highest BCUT2D eigenvalue weighted by Gasteiger charge is 2.46. The molecule has 3 heterocycles. The van der Waals surface area contributed by atoms with E-state index >= 15 is 0 Å². The Morgan fingerprint density at radius 2 is 1.76 bits per heavy atom. The first-order valence-corrected chi connectivity index (χ1v) is 16.6. The molecule has 2 aromatic carbocycles. The van der Waals surface area contributed by atoms with Crippen molar-refractivity contribution in [3.8, 4) is 5.75 Å². The summed E-state index contributed by atoms with van der Waals surface area (Å²) >= 11 is 0. The lowest BCUT2D eigenvalue weighted by Crippen LogP contribution is -2.53. The Bertz CT molecular complexity index is 1290. The normalized spacial score (nSPS) is 25.7. The molecule has 230 valence electrons. The maximum atomic E-state index is 13.7. The van der Waals surface area contributed by atoms with E-state index in [0.29, 0.717) is 31.2 Å². The molecule has 1 saturated carbocycles. The summed E-state index contributed by atoms with van der Waals surface area (Å²) in [6.45, 7) is 1.20. The van der Waals surface area contributed by atoms with E-state index < -0.39 is 28.4 Å². The fraction of sp³-hybridized carbons (Fsp3) is 0.594. The summed E-state index contributed by atoms with van der Waals surface area (Å²) < 4.78 is 47.7. The molecule has 1 aliphatic carbocycles. The van der Waals surface area contributed by atoms with Crippen molar-refractivity contribution in [2.45, 2.75) is 82.0 Å². The molecule has 0 radical (unpaired) electrons. The van der Waals surface area contributed by atoms with E-state index in [9.17, 15) is 13.2 Å². The number of amides is 1. The van der Waals surface area contributed by atoms with Crippen LogP contribution in [0, 0.1) is 0 Å². The SMILES string of the molecule is COc1ccc(CN(C2CCN3C(=O)OCCCCc4cccc(c4)C4CCC(CC4)OC[C@@H]23)S(=O)(=O)N(C)C)cc1. The van der Waals surface area contributed by atoms with Crippen LogP contribution in [0.1, 0.15) is 67.6 Å². The van der Waals surface area contributed by atoms with Gasteiger partial charge in [0.15, 0.2) is 0 Å². The van der Waals surface area contributed by atoms with Crippen molar-refractivity contribution in [3.05, 3.63) is 65.2 Å². The van der Waals surface area contributed by atoms with Crippen LogP contribution in [-0.2, 0) is 32.6 Å². The Morgan fingerprint density at radius 3 is 2.48 bits per heavy atom. The van der Waals surface area contributed by atoms with Crippen LogP contribution in [-0.4, -0.2) is 87.2 Å². The van der Waals surface area contributed by atoms with Crippen molar-refractivity contribution < 1.29 is 27.4 Å². The monoisotopic (exact) mass is 599 g/mol. The van der Waals surface area contributed by atoms with Crippen LogP contribution in [0.4, 0.5) is 4.79 Å². The first-order chi connectivity index (χ1) is 20.3. The number of carbonyl (C=O) groups excluding carboxylic acids is 1. The third-order valence-corrected chi connectivity index (χ3v) is 11.0. The highest BCUT2D eigenvalue weighted by Crippen LogP contribution is 2.36. The van der Waals surface area contributed by atoms with Crippen molar-refractivity contribution in [1.82, 2.24) is 13.5 Å². The van der Waals surface area contributed by atoms with Crippen LogP contribution in [0.15, 0.2) is 48.5 Å². The van der Waals surface area contributed by atoms with Crippen molar-refractivity contribution in [1.29, 1.82) is 0 Å². The van der Waals surface area contributed by atoms with Crippen LogP contribution in [0.2, 0.25) is 0 Å². The molecule has 6 rings (SSSR count). The van der Waals surface area contributed by atoms with Crippen molar-refractivity contribution >= 4 is 16.3 Å². The Labute approximate surface area is 250 Å². The molecule has 3 aliphatic heterocycles. The van der Waals surface area contributed by atoms with Crippen LogP contribution in [0.3, 0.4) is 0 Å². The average molecular weight is 600 g/mol. The molecule has 4 bridgehead atoms. The second-order valence-corrected chi connectivity index (χ2v) is 14.0. The topological polar surface area (TPSA) is 88.6 Å². The number of nitrogens with zero attached hydrogens (tertiary/aromatic N) is 3. The van der Waals surface area contributed by atoms with E-state index in [0.717, 1.165) is 50.5 Å². The van der Waals surface area contributed by atoms with Gasteiger partial charge in [0.2, 0.25) is 0 Å². The van der Waals surface area contributed by atoms with E-state index in [2.05, 4.69) is 24.3 Å². The number of methoxy groups -OCH3 is 1. The highest BCUT2D eigenvalue weighted by atomic mass is 32.2. The van der Waals surface area contributed by atoms with Crippen molar-refractivity contribution in [2.24, 2.45) is 0 Å². The lowest BCUT2D eigenvalue weighted by atomic mass is 9.82. The number of fused-ring (bicyclic) bond motifs is 8. The number of carbonyl (C=O) groups is 1. The molecule has 9 nitrogen and oxygen atoms in total. The summed E-state index contributed by atoms with van der Waals surface area (Å²) in [5.41, 5.74) is 3.59. The Morgan fingerprint density at radius 1 is 1.00 bits per heavy atom. The molecule has 1 amide bonds. The number of hydrogen-bond donors (Lipinski definition) is 0. The highest BCUT2D eigenvalue weighted by molar-refractivity contribution is 7.86. The van der Waals surface area contributed by atoms with Crippen LogP contribution in [0.5, 0.6) is 5.75 Å². The van der Waals surface area contributed by atoms with Gasteiger partial charge >= 0.3 is 6.09 Å². The maximum Gasteiger partial charge on any atom is 0.410 e. The molecule has 1 saturated heterocycles. The summed E-state index contributed by atoms with van der Waals surface area (Å²) in [6, 6.07) is 15.5. The molecule has 0 spiro atoms. The molecule has 4 aliphatic rings. The van der Waals surface area contributed by atoms with Gasteiger partial charge in [-0.15, -0.1) is 0 Å². The van der Waals surface area contributed by atoms with Gasteiger partial charge in [0.25, 0.3) is 10.2 Å². The number of hydrogen-bond acceptors (Lipinski definition) is 6. The second-order valence-electron chi connectivity index (χ2n) is 11.9. The standard InChI is InChI=1S/C32H45N3O6S/c1-33(2)42(37,38)35(22-25-10-14-28(39-3)15-11-25)30-18-19-34-31(30)23-41-29-16-12-26(13-17-29)27-9-6-8-24(21-27)7-4-5-20-40-32(34)36/h6,8-11,14-15,21,26,29-31H,4-5,7,12-13,16-20,22-23H2,1-3H3/t26?,29?,30?,31-/m0/s1. The van der Waals surface area contributed by atoms with Gasteiger partial charge in [-0.2, -0.15) is 17.0 Å². The lowest BCUT2D eigenvalue weighted by molar-refractivity contribution is -0.0128. The summed E-state index contributed by atoms with van der Waals surface area (Å²) in [7, 11) is 0.879. The van der Waals surface area contributed by atoms with E-state index in [1.165, 1.54) is 19.7 Å². The van der Waals surface area contributed by atoms with E-state index in [1.807, 2.05) is 24.3 Å². The van der Waals surface area contributed by atoms with E-state index in [1.54, 1.807) is 26.1 Å². The largest absolute Gasteiger partial charge is 0.497 e. The zero-order valence-corrected chi connectivity index (χ0v) is 25.9.